The second kappa shape index (κ2) is 10.3. The summed E-state index contributed by atoms with van der Waals surface area (Å²) in [7, 11) is 0. The highest BCUT2D eigenvalue weighted by Crippen LogP contribution is 2.16. The van der Waals surface area contributed by atoms with Gasteiger partial charge in [-0.05, 0) is 57.5 Å². The van der Waals surface area contributed by atoms with E-state index < -0.39 is 6.04 Å². The number of nitrogens with zero attached hydrogens (tertiary/aromatic N) is 1. The summed E-state index contributed by atoms with van der Waals surface area (Å²) in [6.07, 6.45) is 0. The van der Waals surface area contributed by atoms with Crippen LogP contribution in [0.4, 0.5) is 0 Å². The predicted octanol–water partition coefficient (Wildman–Crippen LogP) is 4.08. The van der Waals surface area contributed by atoms with Crippen molar-refractivity contribution in [2.24, 2.45) is 0 Å². The molecule has 5 nitrogen and oxygen atoms in total. The number of carbonyl (C=O) groups excluding carboxylic acids is 2. The molecule has 2 rings (SSSR count). The molecule has 0 radical (unpaired) electrons. The van der Waals surface area contributed by atoms with Crippen LogP contribution in [0.15, 0.2) is 53.0 Å². The first kappa shape index (κ1) is 22.0. The van der Waals surface area contributed by atoms with E-state index in [2.05, 4.69) is 21.2 Å². The number of carbonyl (C=O) groups is 2. The molecule has 2 aromatic carbocycles. The molecule has 28 heavy (non-hydrogen) atoms. The highest BCUT2D eigenvalue weighted by Gasteiger charge is 2.26. The van der Waals surface area contributed by atoms with E-state index in [4.69, 9.17) is 4.74 Å². The number of hydrogen-bond donors (Lipinski definition) is 1. The fourth-order valence-electron chi connectivity index (χ4n) is 2.64. The van der Waals surface area contributed by atoms with Gasteiger partial charge in [0.25, 0.3) is 5.91 Å². The average molecular weight is 447 g/mol. The van der Waals surface area contributed by atoms with Gasteiger partial charge in [0.2, 0.25) is 5.91 Å². The molecule has 0 aliphatic carbocycles. The zero-order valence-corrected chi connectivity index (χ0v) is 18.3. The summed E-state index contributed by atoms with van der Waals surface area (Å²) >= 11 is 3.41. The molecule has 0 unspecified atom stereocenters. The van der Waals surface area contributed by atoms with Crippen LogP contribution >= 0.6 is 15.9 Å². The van der Waals surface area contributed by atoms with Gasteiger partial charge in [-0.1, -0.05) is 45.8 Å². The lowest BCUT2D eigenvalue weighted by Gasteiger charge is -2.29. The van der Waals surface area contributed by atoms with Crippen LogP contribution in [0, 0.1) is 6.92 Å². The fraction of sp³-hybridized carbons (Fsp3) is 0.364. The van der Waals surface area contributed by atoms with E-state index in [9.17, 15) is 9.59 Å². The number of ether oxygens (including phenoxy) is 1. The lowest BCUT2D eigenvalue weighted by atomic mass is 10.1. The molecule has 150 valence electrons. The minimum atomic E-state index is -0.611. The number of rotatable bonds is 8. The Morgan fingerprint density at radius 3 is 2.21 bits per heavy atom. The van der Waals surface area contributed by atoms with Gasteiger partial charge in [-0.25, -0.2) is 0 Å². The van der Waals surface area contributed by atoms with Gasteiger partial charge in [0.15, 0.2) is 6.61 Å². The van der Waals surface area contributed by atoms with Gasteiger partial charge in [0.05, 0.1) is 0 Å². The number of hydrogen-bond acceptors (Lipinski definition) is 3. The Labute approximate surface area is 175 Å². The first-order valence-corrected chi connectivity index (χ1v) is 10.1. The molecule has 0 fully saturated rings. The summed E-state index contributed by atoms with van der Waals surface area (Å²) in [5.41, 5.74) is 2.06. The molecule has 0 saturated heterocycles. The molecule has 0 aliphatic heterocycles. The zero-order chi connectivity index (χ0) is 20.7. The Kier molecular flexibility index (Phi) is 8.05. The van der Waals surface area contributed by atoms with Crippen LogP contribution in [0.25, 0.3) is 0 Å². The van der Waals surface area contributed by atoms with Gasteiger partial charge in [-0.2, -0.15) is 0 Å². The van der Waals surface area contributed by atoms with Crippen molar-refractivity contribution >= 4 is 27.7 Å². The van der Waals surface area contributed by atoms with Crippen molar-refractivity contribution < 1.29 is 14.3 Å². The van der Waals surface area contributed by atoms with Crippen molar-refractivity contribution in [3.05, 3.63) is 64.1 Å². The molecule has 1 atom stereocenters. The summed E-state index contributed by atoms with van der Waals surface area (Å²) in [5, 5.41) is 2.87. The number of benzene rings is 2. The number of nitrogens with one attached hydrogen (secondary N) is 1. The normalized spacial score (nSPS) is 11.8. The molecule has 0 aliphatic rings. The summed E-state index contributed by atoms with van der Waals surface area (Å²) in [6, 6.07) is 14.6. The van der Waals surface area contributed by atoms with E-state index in [0.717, 1.165) is 15.6 Å². The van der Waals surface area contributed by atoms with Gasteiger partial charge in [0, 0.05) is 17.1 Å². The number of aryl methyl sites for hydroxylation is 1. The van der Waals surface area contributed by atoms with Gasteiger partial charge in [-0.3, -0.25) is 9.59 Å². The molecule has 0 spiro atoms. The minimum Gasteiger partial charge on any atom is -0.484 e. The van der Waals surface area contributed by atoms with Crippen molar-refractivity contribution in [1.82, 2.24) is 10.2 Å². The van der Waals surface area contributed by atoms with Crippen molar-refractivity contribution in [3.63, 3.8) is 0 Å². The Bertz CT molecular complexity index is 788. The number of amides is 2. The highest BCUT2D eigenvalue weighted by atomic mass is 79.9. The van der Waals surface area contributed by atoms with Crippen LogP contribution in [0.2, 0.25) is 0 Å². The molecule has 0 saturated carbocycles. The van der Waals surface area contributed by atoms with Crippen LogP contribution < -0.4 is 10.1 Å². The molecule has 2 amide bonds. The van der Waals surface area contributed by atoms with Gasteiger partial charge >= 0.3 is 0 Å². The van der Waals surface area contributed by atoms with E-state index in [1.54, 1.807) is 11.8 Å². The van der Waals surface area contributed by atoms with E-state index in [1.807, 2.05) is 69.3 Å². The fourth-order valence-corrected chi connectivity index (χ4v) is 2.90. The molecule has 1 N–H and O–H groups in total. The Morgan fingerprint density at radius 1 is 1.04 bits per heavy atom. The largest absolute Gasteiger partial charge is 0.484 e. The molecule has 0 heterocycles. The average Bonchev–Trinajstić information content (AvgIpc) is 2.65. The highest BCUT2D eigenvalue weighted by molar-refractivity contribution is 9.10. The van der Waals surface area contributed by atoms with Gasteiger partial charge in [-0.15, -0.1) is 0 Å². The molecule has 0 bridgehead atoms. The Morgan fingerprint density at radius 2 is 1.64 bits per heavy atom. The minimum absolute atomic E-state index is 0.00314. The SMILES string of the molecule is Cc1ccc(OCC(=O)N(Cc2ccc(Br)cc2)[C@@H](C)C(=O)NC(C)C)cc1. The molecule has 0 aromatic heterocycles. The van der Waals surface area contributed by atoms with Crippen molar-refractivity contribution in [1.29, 1.82) is 0 Å². The third-order valence-corrected chi connectivity index (χ3v) is 4.78. The zero-order valence-electron chi connectivity index (χ0n) is 16.7. The summed E-state index contributed by atoms with van der Waals surface area (Å²) in [4.78, 5) is 27.0. The lowest BCUT2D eigenvalue weighted by molar-refractivity contribution is -0.142. The maximum absolute atomic E-state index is 12.9. The molecule has 6 heteroatoms. The first-order valence-electron chi connectivity index (χ1n) is 9.30. The Balaban J connectivity index is 2.12. The molecular weight excluding hydrogens is 420 g/mol. The van der Waals surface area contributed by atoms with Crippen LogP contribution in [0.3, 0.4) is 0 Å². The van der Waals surface area contributed by atoms with E-state index >= 15 is 0 Å². The standard InChI is InChI=1S/C22H27BrN2O3/c1-15(2)24-22(27)17(4)25(13-18-7-9-19(23)10-8-18)21(26)14-28-20-11-5-16(3)6-12-20/h5-12,15,17H,13-14H2,1-4H3,(H,24,27)/t17-/m0/s1. The van der Waals surface area contributed by atoms with Crippen LogP contribution in [-0.4, -0.2) is 35.4 Å². The van der Waals surface area contributed by atoms with Crippen molar-refractivity contribution in [3.8, 4) is 5.75 Å². The van der Waals surface area contributed by atoms with Gasteiger partial charge < -0.3 is 15.0 Å². The summed E-state index contributed by atoms with van der Waals surface area (Å²) in [5.74, 6) is 0.201. The predicted molar refractivity (Wildman–Crippen MR) is 114 cm³/mol. The lowest BCUT2D eigenvalue weighted by Crippen LogP contribution is -2.50. The number of halogens is 1. The van der Waals surface area contributed by atoms with Crippen LogP contribution in [0.5, 0.6) is 5.75 Å². The summed E-state index contributed by atoms with van der Waals surface area (Å²) < 4.78 is 6.60. The topological polar surface area (TPSA) is 58.6 Å². The van der Waals surface area contributed by atoms with Crippen LogP contribution in [-0.2, 0) is 16.1 Å². The molecule has 2 aromatic rings. The third kappa shape index (κ3) is 6.68. The second-order valence-corrected chi connectivity index (χ2v) is 8.00. The van der Waals surface area contributed by atoms with Crippen LogP contribution in [0.1, 0.15) is 31.9 Å². The quantitative estimate of drug-likeness (QED) is 0.664. The second-order valence-electron chi connectivity index (χ2n) is 7.09. The van der Waals surface area contributed by atoms with E-state index in [0.29, 0.717) is 12.3 Å². The van der Waals surface area contributed by atoms with E-state index in [-0.39, 0.29) is 24.5 Å². The van der Waals surface area contributed by atoms with Crippen molar-refractivity contribution in [2.45, 2.75) is 46.3 Å². The van der Waals surface area contributed by atoms with Gasteiger partial charge in [0.1, 0.15) is 11.8 Å². The van der Waals surface area contributed by atoms with Crippen molar-refractivity contribution in [2.75, 3.05) is 6.61 Å². The molecular formula is C22H27BrN2O3. The smallest absolute Gasteiger partial charge is 0.261 e. The van der Waals surface area contributed by atoms with E-state index in [1.165, 1.54) is 0 Å². The Hall–Kier alpha value is -2.34. The summed E-state index contributed by atoms with van der Waals surface area (Å²) in [6.45, 7) is 7.72. The first-order chi connectivity index (χ1) is 13.3. The maximum atomic E-state index is 12.9. The monoisotopic (exact) mass is 446 g/mol. The maximum Gasteiger partial charge on any atom is 0.261 e. The third-order valence-electron chi connectivity index (χ3n) is 4.25.